The molecule has 2 N–H and O–H groups in total. The van der Waals surface area contributed by atoms with Crippen molar-refractivity contribution in [2.75, 3.05) is 13.1 Å². The summed E-state index contributed by atoms with van der Waals surface area (Å²) >= 11 is 0. The number of carbonyl (C=O) groups is 2. The van der Waals surface area contributed by atoms with Crippen LogP contribution in [0.3, 0.4) is 0 Å². The van der Waals surface area contributed by atoms with E-state index in [0.717, 1.165) is 24.4 Å². The van der Waals surface area contributed by atoms with Crippen molar-refractivity contribution in [2.24, 2.45) is 17.6 Å². The number of nitrogens with two attached hydrogens (primary N) is 1. The van der Waals surface area contributed by atoms with Crippen LogP contribution in [-0.2, 0) is 9.59 Å². The predicted octanol–water partition coefficient (Wildman–Crippen LogP) is 2.53. The molecule has 1 saturated heterocycles. The molecule has 2 amide bonds. The van der Waals surface area contributed by atoms with E-state index in [2.05, 4.69) is 6.92 Å². The Bertz CT molecular complexity index is 612. The summed E-state index contributed by atoms with van der Waals surface area (Å²) in [4.78, 5) is 25.0. The van der Waals surface area contributed by atoms with Crippen molar-refractivity contribution in [3.05, 3.63) is 29.7 Å². The number of likely N-dealkylation sites (tertiary alicyclic amines) is 1. The number of hydrogen-bond donors (Lipinski definition) is 1. The highest BCUT2D eigenvalue weighted by molar-refractivity contribution is 5.91. The number of primary amides is 1. The second kappa shape index (κ2) is 6.60. The van der Waals surface area contributed by atoms with Crippen molar-refractivity contribution >= 4 is 17.9 Å². The maximum Gasteiger partial charge on any atom is 0.246 e. The predicted molar refractivity (Wildman–Crippen MR) is 87.4 cm³/mol. The Hall–Kier alpha value is -2.04. The summed E-state index contributed by atoms with van der Waals surface area (Å²) in [5, 5.41) is 0. The quantitative estimate of drug-likeness (QED) is 0.848. The standard InChI is InChI=1S/C18H24N2O3/c1-12-10-15(12)16-4-2-14(23-16)3-5-18(22)20-8-6-13(7-9-20)11-17(19)21/h2-5,12-13,15H,6-11H2,1H3,(H2,19,21)/b5-3+/t12-,15-/m1/s1. The Kier molecular flexibility index (Phi) is 4.55. The van der Waals surface area contributed by atoms with E-state index >= 15 is 0 Å². The highest BCUT2D eigenvalue weighted by Crippen LogP contribution is 2.47. The molecule has 23 heavy (non-hydrogen) atoms. The molecule has 1 saturated carbocycles. The molecule has 2 atom stereocenters. The first-order valence-electron chi connectivity index (χ1n) is 8.38. The van der Waals surface area contributed by atoms with Crippen molar-refractivity contribution in [3.63, 3.8) is 0 Å². The fraction of sp³-hybridized carbons (Fsp3) is 0.556. The number of piperidine rings is 1. The summed E-state index contributed by atoms with van der Waals surface area (Å²) in [6.07, 6.45) is 6.62. The highest BCUT2D eigenvalue weighted by atomic mass is 16.3. The van der Waals surface area contributed by atoms with Crippen LogP contribution in [0.4, 0.5) is 0 Å². The molecule has 5 nitrogen and oxygen atoms in total. The van der Waals surface area contributed by atoms with Gasteiger partial charge in [0.05, 0.1) is 0 Å². The normalized spacial score (nSPS) is 25.0. The molecular formula is C18H24N2O3. The van der Waals surface area contributed by atoms with Gasteiger partial charge in [-0.1, -0.05) is 6.92 Å². The van der Waals surface area contributed by atoms with Crippen LogP contribution in [0.5, 0.6) is 0 Å². The zero-order valence-corrected chi connectivity index (χ0v) is 13.5. The summed E-state index contributed by atoms with van der Waals surface area (Å²) in [6.45, 7) is 3.59. The topological polar surface area (TPSA) is 76.5 Å². The lowest BCUT2D eigenvalue weighted by Gasteiger charge is -2.30. The molecule has 0 radical (unpaired) electrons. The molecule has 124 valence electrons. The summed E-state index contributed by atoms with van der Waals surface area (Å²) in [5.41, 5.74) is 5.22. The molecule has 5 heteroatoms. The van der Waals surface area contributed by atoms with Gasteiger partial charge in [-0.05, 0) is 49.3 Å². The zero-order valence-electron chi connectivity index (χ0n) is 13.5. The van der Waals surface area contributed by atoms with E-state index in [1.807, 2.05) is 17.0 Å². The maximum absolute atomic E-state index is 12.2. The lowest BCUT2D eigenvalue weighted by Crippen LogP contribution is -2.38. The van der Waals surface area contributed by atoms with E-state index in [1.54, 1.807) is 12.2 Å². The smallest absolute Gasteiger partial charge is 0.246 e. The fourth-order valence-electron chi connectivity index (χ4n) is 3.28. The molecule has 1 aromatic rings. The first-order chi connectivity index (χ1) is 11.0. The maximum atomic E-state index is 12.2. The Labute approximate surface area is 136 Å². The molecular weight excluding hydrogens is 292 g/mol. The van der Waals surface area contributed by atoms with Crippen molar-refractivity contribution in [1.82, 2.24) is 4.90 Å². The largest absolute Gasteiger partial charge is 0.461 e. The van der Waals surface area contributed by atoms with E-state index in [9.17, 15) is 9.59 Å². The van der Waals surface area contributed by atoms with Gasteiger partial charge < -0.3 is 15.1 Å². The summed E-state index contributed by atoms with van der Waals surface area (Å²) in [5.74, 6) is 3.08. The lowest BCUT2D eigenvalue weighted by atomic mass is 9.93. The number of carbonyl (C=O) groups excluding carboxylic acids is 2. The van der Waals surface area contributed by atoms with Crippen LogP contribution in [0.15, 0.2) is 22.6 Å². The molecule has 0 spiro atoms. The van der Waals surface area contributed by atoms with Gasteiger partial charge in [0.2, 0.25) is 11.8 Å². The Morgan fingerprint density at radius 1 is 1.35 bits per heavy atom. The van der Waals surface area contributed by atoms with Gasteiger partial charge in [0.1, 0.15) is 11.5 Å². The molecule has 1 aliphatic carbocycles. The molecule has 2 heterocycles. The molecule has 0 aromatic carbocycles. The zero-order chi connectivity index (χ0) is 16.4. The van der Waals surface area contributed by atoms with Crippen LogP contribution in [0, 0.1) is 11.8 Å². The van der Waals surface area contributed by atoms with Crippen LogP contribution in [0.25, 0.3) is 6.08 Å². The van der Waals surface area contributed by atoms with Crippen molar-refractivity contribution in [1.29, 1.82) is 0 Å². The molecule has 1 aliphatic heterocycles. The fourth-order valence-corrected chi connectivity index (χ4v) is 3.28. The van der Waals surface area contributed by atoms with Gasteiger partial charge in [0.15, 0.2) is 0 Å². The second-order valence-corrected chi connectivity index (χ2v) is 6.83. The number of nitrogens with zero attached hydrogens (tertiary/aromatic N) is 1. The van der Waals surface area contributed by atoms with Crippen molar-refractivity contribution in [3.8, 4) is 0 Å². The van der Waals surface area contributed by atoms with E-state index in [4.69, 9.17) is 10.2 Å². The van der Waals surface area contributed by atoms with E-state index in [1.165, 1.54) is 6.42 Å². The molecule has 1 aromatic heterocycles. The van der Waals surface area contributed by atoms with Gasteiger partial charge in [0, 0.05) is 31.5 Å². The number of amides is 2. The van der Waals surface area contributed by atoms with Gasteiger partial charge in [-0.3, -0.25) is 9.59 Å². The summed E-state index contributed by atoms with van der Waals surface area (Å²) < 4.78 is 5.77. The van der Waals surface area contributed by atoms with Gasteiger partial charge in [-0.15, -0.1) is 0 Å². The molecule has 0 unspecified atom stereocenters. The average Bonchev–Trinajstić information content (AvgIpc) is 3.07. The monoisotopic (exact) mass is 316 g/mol. The summed E-state index contributed by atoms with van der Waals surface area (Å²) in [7, 11) is 0. The minimum atomic E-state index is -0.256. The third kappa shape index (κ3) is 4.03. The minimum absolute atomic E-state index is 0.000245. The molecule has 2 fully saturated rings. The Morgan fingerprint density at radius 3 is 2.65 bits per heavy atom. The second-order valence-electron chi connectivity index (χ2n) is 6.83. The third-order valence-electron chi connectivity index (χ3n) is 4.93. The first kappa shape index (κ1) is 15.8. The van der Waals surface area contributed by atoms with Gasteiger partial charge in [-0.2, -0.15) is 0 Å². The minimum Gasteiger partial charge on any atom is -0.461 e. The van der Waals surface area contributed by atoms with E-state index in [-0.39, 0.29) is 11.8 Å². The SMILES string of the molecule is C[C@@H]1C[C@H]1c1ccc(/C=C/C(=O)N2CCC(CC(N)=O)CC2)o1. The van der Waals surface area contributed by atoms with Crippen LogP contribution in [-0.4, -0.2) is 29.8 Å². The Morgan fingerprint density at radius 2 is 2.04 bits per heavy atom. The third-order valence-corrected chi connectivity index (χ3v) is 4.93. The van der Waals surface area contributed by atoms with Crippen molar-refractivity contribution in [2.45, 2.75) is 38.5 Å². The van der Waals surface area contributed by atoms with Crippen LogP contribution in [0.2, 0.25) is 0 Å². The van der Waals surface area contributed by atoms with Crippen LogP contribution in [0.1, 0.15) is 50.0 Å². The number of furan rings is 1. The van der Waals surface area contributed by atoms with Gasteiger partial charge in [0.25, 0.3) is 0 Å². The first-order valence-corrected chi connectivity index (χ1v) is 8.38. The average molecular weight is 316 g/mol. The highest BCUT2D eigenvalue weighted by Gasteiger charge is 2.36. The molecule has 2 aliphatic rings. The molecule has 0 bridgehead atoms. The van der Waals surface area contributed by atoms with Crippen LogP contribution >= 0.6 is 0 Å². The number of rotatable bonds is 5. The van der Waals surface area contributed by atoms with E-state index < -0.39 is 0 Å². The lowest BCUT2D eigenvalue weighted by molar-refractivity contribution is -0.127. The van der Waals surface area contributed by atoms with Crippen LogP contribution < -0.4 is 5.73 Å². The van der Waals surface area contributed by atoms with Gasteiger partial charge >= 0.3 is 0 Å². The van der Waals surface area contributed by atoms with Gasteiger partial charge in [-0.25, -0.2) is 0 Å². The summed E-state index contributed by atoms with van der Waals surface area (Å²) in [6, 6.07) is 3.93. The van der Waals surface area contributed by atoms with Crippen molar-refractivity contribution < 1.29 is 14.0 Å². The molecule has 3 rings (SSSR count). The Balaban J connectivity index is 1.49. The van der Waals surface area contributed by atoms with E-state index in [0.29, 0.717) is 37.3 Å². The number of hydrogen-bond acceptors (Lipinski definition) is 3.